The number of anilines is 1. The van der Waals surface area contributed by atoms with Crippen molar-refractivity contribution >= 4 is 22.5 Å². The van der Waals surface area contributed by atoms with Crippen LogP contribution in [0.25, 0.3) is 10.8 Å². The third-order valence-electron chi connectivity index (χ3n) is 4.38. The Morgan fingerprint density at radius 2 is 1.83 bits per heavy atom. The van der Waals surface area contributed by atoms with Crippen molar-refractivity contribution in [2.75, 3.05) is 5.32 Å². The average molecular weight is 322 g/mol. The molecular weight excluding hydrogens is 300 g/mol. The second-order valence-electron chi connectivity index (χ2n) is 6.05. The van der Waals surface area contributed by atoms with Gasteiger partial charge in [0.15, 0.2) is 0 Å². The molecular formula is C19H22N4O. The van der Waals surface area contributed by atoms with E-state index < -0.39 is 0 Å². The highest BCUT2D eigenvalue weighted by Crippen LogP contribution is 2.24. The number of rotatable bonds is 3. The molecule has 2 amide bonds. The van der Waals surface area contributed by atoms with Crippen molar-refractivity contribution in [1.82, 2.24) is 15.1 Å². The predicted molar refractivity (Wildman–Crippen MR) is 97.2 cm³/mol. The first-order chi connectivity index (χ1) is 11.5. The second kappa shape index (κ2) is 6.35. The molecule has 2 N–H and O–H groups in total. The first-order valence-corrected chi connectivity index (χ1v) is 8.02. The summed E-state index contributed by atoms with van der Waals surface area (Å²) in [5.41, 5.74) is 3.86. The molecule has 0 fully saturated rings. The van der Waals surface area contributed by atoms with E-state index in [1.54, 1.807) is 0 Å². The van der Waals surface area contributed by atoms with E-state index in [1.165, 1.54) is 0 Å². The van der Waals surface area contributed by atoms with Crippen molar-refractivity contribution in [2.24, 2.45) is 7.05 Å². The smallest absolute Gasteiger partial charge is 0.319 e. The Bertz CT molecular complexity index is 892. The van der Waals surface area contributed by atoms with Crippen LogP contribution in [0, 0.1) is 13.8 Å². The lowest BCUT2D eigenvalue weighted by Crippen LogP contribution is -2.31. The minimum atomic E-state index is -0.221. The van der Waals surface area contributed by atoms with E-state index in [0.29, 0.717) is 0 Å². The number of amides is 2. The Morgan fingerprint density at radius 3 is 2.54 bits per heavy atom. The van der Waals surface area contributed by atoms with Gasteiger partial charge in [-0.2, -0.15) is 5.10 Å². The van der Waals surface area contributed by atoms with Gasteiger partial charge < -0.3 is 10.6 Å². The molecule has 0 bridgehead atoms. The van der Waals surface area contributed by atoms with E-state index in [1.807, 2.05) is 75.0 Å². The van der Waals surface area contributed by atoms with Gasteiger partial charge in [0.2, 0.25) is 0 Å². The molecule has 1 atom stereocenters. The van der Waals surface area contributed by atoms with Crippen LogP contribution in [0.4, 0.5) is 10.5 Å². The van der Waals surface area contributed by atoms with Gasteiger partial charge in [-0.25, -0.2) is 4.79 Å². The summed E-state index contributed by atoms with van der Waals surface area (Å²) in [5, 5.41) is 12.5. The molecule has 0 radical (unpaired) electrons. The molecule has 24 heavy (non-hydrogen) atoms. The molecule has 0 saturated carbocycles. The van der Waals surface area contributed by atoms with Crippen LogP contribution in [0.3, 0.4) is 0 Å². The number of fused-ring (bicyclic) bond motifs is 1. The summed E-state index contributed by atoms with van der Waals surface area (Å²) in [6, 6.07) is 13.5. The number of hydrogen-bond donors (Lipinski definition) is 2. The third-order valence-corrected chi connectivity index (χ3v) is 4.38. The van der Waals surface area contributed by atoms with Crippen LogP contribution in [0.5, 0.6) is 0 Å². The topological polar surface area (TPSA) is 59.0 Å². The van der Waals surface area contributed by atoms with Crippen LogP contribution in [-0.4, -0.2) is 15.8 Å². The number of nitrogens with zero attached hydrogens (tertiary/aromatic N) is 2. The standard InChI is InChI=1S/C19H22N4O/c1-12(18-13(2)22-23(4)14(18)3)20-19(24)21-17-11-7-9-15-8-5-6-10-16(15)17/h5-12H,1-4H3,(H2,20,21,24). The summed E-state index contributed by atoms with van der Waals surface area (Å²) >= 11 is 0. The van der Waals surface area contributed by atoms with E-state index in [-0.39, 0.29) is 12.1 Å². The lowest BCUT2D eigenvalue weighted by atomic mass is 10.1. The van der Waals surface area contributed by atoms with Crippen LogP contribution in [0.15, 0.2) is 42.5 Å². The summed E-state index contributed by atoms with van der Waals surface area (Å²) in [7, 11) is 1.91. The Morgan fingerprint density at radius 1 is 1.12 bits per heavy atom. The predicted octanol–water partition coefficient (Wildman–Crippen LogP) is 4.07. The molecule has 0 spiro atoms. The van der Waals surface area contributed by atoms with Gasteiger partial charge in [-0.1, -0.05) is 36.4 Å². The van der Waals surface area contributed by atoms with Crippen LogP contribution >= 0.6 is 0 Å². The van der Waals surface area contributed by atoms with Gasteiger partial charge in [0.25, 0.3) is 0 Å². The zero-order valence-electron chi connectivity index (χ0n) is 14.4. The zero-order chi connectivity index (χ0) is 17.3. The van der Waals surface area contributed by atoms with Crippen molar-refractivity contribution in [3.05, 3.63) is 59.4 Å². The fourth-order valence-corrected chi connectivity index (χ4v) is 3.18. The van der Waals surface area contributed by atoms with Gasteiger partial charge in [-0.3, -0.25) is 4.68 Å². The molecule has 2 aromatic carbocycles. The van der Waals surface area contributed by atoms with E-state index in [9.17, 15) is 4.79 Å². The fraction of sp³-hybridized carbons (Fsp3) is 0.263. The molecule has 0 aliphatic rings. The molecule has 0 aliphatic carbocycles. The first kappa shape index (κ1) is 16.1. The van der Waals surface area contributed by atoms with Crippen molar-refractivity contribution in [3.8, 4) is 0 Å². The van der Waals surface area contributed by atoms with Crippen molar-refractivity contribution in [3.63, 3.8) is 0 Å². The number of carbonyl (C=O) groups excluding carboxylic acids is 1. The van der Waals surface area contributed by atoms with Crippen LogP contribution < -0.4 is 10.6 Å². The monoisotopic (exact) mass is 322 g/mol. The van der Waals surface area contributed by atoms with Gasteiger partial charge in [-0.15, -0.1) is 0 Å². The van der Waals surface area contributed by atoms with Gasteiger partial charge in [0.1, 0.15) is 0 Å². The maximum Gasteiger partial charge on any atom is 0.319 e. The summed E-state index contributed by atoms with van der Waals surface area (Å²) < 4.78 is 1.84. The number of hydrogen-bond acceptors (Lipinski definition) is 2. The van der Waals surface area contributed by atoms with Crippen LogP contribution in [-0.2, 0) is 7.05 Å². The molecule has 5 heteroatoms. The number of aromatic nitrogens is 2. The number of urea groups is 1. The average Bonchev–Trinajstić information content (AvgIpc) is 2.80. The highest BCUT2D eigenvalue weighted by molar-refractivity contribution is 6.01. The van der Waals surface area contributed by atoms with Crippen LogP contribution in [0.1, 0.15) is 29.9 Å². The largest absolute Gasteiger partial charge is 0.331 e. The molecule has 0 saturated heterocycles. The molecule has 5 nitrogen and oxygen atoms in total. The van der Waals surface area contributed by atoms with E-state index in [0.717, 1.165) is 33.4 Å². The maximum atomic E-state index is 12.4. The van der Waals surface area contributed by atoms with Gasteiger partial charge in [0, 0.05) is 23.7 Å². The lowest BCUT2D eigenvalue weighted by molar-refractivity contribution is 0.249. The lowest BCUT2D eigenvalue weighted by Gasteiger charge is -2.16. The summed E-state index contributed by atoms with van der Waals surface area (Å²) in [5.74, 6) is 0. The SMILES string of the molecule is Cc1nn(C)c(C)c1C(C)NC(=O)Nc1cccc2ccccc12. The van der Waals surface area contributed by atoms with Crippen molar-refractivity contribution in [2.45, 2.75) is 26.8 Å². The number of benzene rings is 2. The Kier molecular flexibility index (Phi) is 4.25. The normalized spacial score (nSPS) is 12.2. The molecule has 3 rings (SSSR count). The number of carbonyl (C=O) groups is 1. The minimum absolute atomic E-state index is 0.117. The quantitative estimate of drug-likeness (QED) is 0.763. The van der Waals surface area contributed by atoms with E-state index >= 15 is 0 Å². The highest BCUT2D eigenvalue weighted by Gasteiger charge is 2.18. The second-order valence-corrected chi connectivity index (χ2v) is 6.05. The number of aryl methyl sites for hydroxylation is 2. The maximum absolute atomic E-state index is 12.4. The Labute approximate surface area is 141 Å². The highest BCUT2D eigenvalue weighted by atomic mass is 16.2. The summed E-state index contributed by atoms with van der Waals surface area (Å²) in [4.78, 5) is 12.4. The van der Waals surface area contributed by atoms with Gasteiger partial charge in [-0.05, 0) is 32.2 Å². The molecule has 124 valence electrons. The fourth-order valence-electron chi connectivity index (χ4n) is 3.18. The summed E-state index contributed by atoms with van der Waals surface area (Å²) in [6.45, 7) is 5.94. The van der Waals surface area contributed by atoms with Crippen molar-refractivity contribution < 1.29 is 4.79 Å². The van der Waals surface area contributed by atoms with E-state index in [2.05, 4.69) is 15.7 Å². The minimum Gasteiger partial charge on any atom is -0.331 e. The number of nitrogens with one attached hydrogen (secondary N) is 2. The summed E-state index contributed by atoms with van der Waals surface area (Å²) in [6.07, 6.45) is 0. The van der Waals surface area contributed by atoms with Crippen molar-refractivity contribution in [1.29, 1.82) is 0 Å². The van der Waals surface area contributed by atoms with Gasteiger partial charge in [0.05, 0.1) is 17.4 Å². The zero-order valence-corrected chi connectivity index (χ0v) is 14.4. The molecule has 1 heterocycles. The molecule has 3 aromatic rings. The Hall–Kier alpha value is -2.82. The molecule has 1 unspecified atom stereocenters. The van der Waals surface area contributed by atoms with Gasteiger partial charge >= 0.3 is 6.03 Å². The van der Waals surface area contributed by atoms with E-state index in [4.69, 9.17) is 0 Å². The van der Waals surface area contributed by atoms with Crippen LogP contribution in [0.2, 0.25) is 0 Å². The molecule has 0 aliphatic heterocycles. The third kappa shape index (κ3) is 2.97. The first-order valence-electron chi connectivity index (χ1n) is 8.02. The molecule has 1 aromatic heterocycles. The Balaban J connectivity index is 1.78.